The van der Waals surface area contributed by atoms with E-state index in [1.807, 2.05) is 12.3 Å². The molecule has 0 radical (unpaired) electrons. The molecule has 1 fully saturated rings. The van der Waals surface area contributed by atoms with Crippen LogP contribution in [0.5, 0.6) is 0 Å². The number of hydrogen-bond acceptors (Lipinski definition) is 5. The van der Waals surface area contributed by atoms with E-state index in [9.17, 15) is 0 Å². The average molecular weight is 379 g/mol. The van der Waals surface area contributed by atoms with Crippen molar-refractivity contribution in [3.63, 3.8) is 0 Å². The van der Waals surface area contributed by atoms with E-state index in [1.54, 1.807) is 12.5 Å². The van der Waals surface area contributed by atoms with E-state index >= 15 is 0 Å². The first-order valence-corrected chi connectivity index (χ1v) is 9.38. The highest BCUT2D eigenvalue weighted by atomic mass is 35.5. The fourth-order valence-electron chi connectivity index (χ4n) is 3.70. The summed E-state index contributed by atoms with van der Waals surface area (Å²) in [5, 5.41) is 2.72. The van der Waals surface area contributed by atoms with Gasteiger partial charge in [-0.05, 0) is 30.8 Å². The lowest BCUT2D eigenvalue weighted by Crippen LogP contribution is -2.44. The first kappa shape index (κ1) is 16.5. The minimum atomic E-state index is 0.630. The Labute approximate surface area is 161 Å². The number of rotatable bonds is 2. The van der Waals surface area contributed by atoms with Crippen molar-refractivity contribution in [3.05, 3.63) is 48.0 Å². The Kier molecular flexibility index (Phi) is 3.95. The Morgan fingerprint density at radius 1 is 1.00 bits per heavy atom. The molecule has 1 saturated heterocycles. The van der Waals surface area contributed by atoms with Crippen LogP contribution in [0, 0.1) is 0 Å². The van der Waals surface area contributed by atoms with Crippen LogP contribution in [0.25, 0.3) is 33.1 Å². The Balaban J connectivity index is 1.64. The van der Waals surface area contributed by atoms with Crippen molar-refractivity contribution in [1.82, 2.24) is 24.8 Å². The molecule has 5 rings (SSSR count). The zero-order valence-corrected chi connectivity index (χ0v) is 15.7. The summed E-state index contributed by atoms with van der Waals surface area (Å²) < 4.78 is 0. The highest BCUT2D eigenvalue weighted by molar-refractivity contribution is 6.31. The van der Waals surface area contributed by atoms with Crippen LogP contribution in [0.15, 0.2) is 43.0 Å². The molecule has 27 heavy (non-hydrogen) atoms. The summed E-state index contributed by atoms with van der Waals surface area (Å²) in [5.41, 5.74) is 3.97. The Morgan fingerprint density at radius 3 is 2.70 bits per heavy atom. The maximum atomic E-state index is 6.16. The van der Waals surface area contributed by atoms with Crippen LogP contribution in [0.3, 0.4) is 0 Å². The summed E-state index contributed by atoms with van der Waals surface area (Å²) in [5.74, 6) is 1.01. The second-order valence-electron chi connectivity index (χ2n) is 6.97. The van der Waals surface area contributed by atoms with Gasteiger partial charge in [-0.1, -0.05) is 17.7 Å². The molecule has 0 amide bonds. The zero-order valence-electron chi connectivity index (χ0n) is 15.0. The van der Waals surface area contributed by atoms with Crippen molar-refractivity contribution < 1.29 is 0 Å². The van der Waals surface area contributed by atoms with Gasteiger partial charge in [0, 0.05) is 54.9 Å². The van der Waals surface area contributed by atoms with E-state index in [2.05, 4.69) is 55.0 Å². The Bertz CT molecular complexity index is 1130. The van der Waals surface area contributed by atoms with Crippen LogP contribution in [-0.4, -0.2) is 58.1 Å². The van der Waals surface area contributed by atoms with E-state index in [0.717, 1.165) is 65.1 Å². The Hall–Kier alpha value is -2.70. The number of benzene rings is 1. The fourth-order valence-corrected chi connectivity index (χ4v) is 3.86. The van der Waals surface area contributed by atoms with E-state index in [0.29, 0.717) is 5.02 Å². The largest absolute Gasteiger partial charge is 0.353 e. The number of halogens is 1. The summed E-state index contributed by atoms with van der Waals surface area (Å²) in [6.07, 6.45) is 5.30. The molecular weight excluding hydrogens is 360 g/mol. The number of pyridine rings is 1. The van der Waals surface area contributed by atoms with Crippen LogP contribution in [0.1, 0.15) is 0 Å². The van der Waals surface area contributed by atoms with Crippen molar-refractivity contribution in [1.29, 1.82) is 0 Å². The fraction of sp³-hybridized carbons (Fsp3) is 0.250. The number of nitrogens with one attached hydrogen (secondary N) is 1. The number of H-pyrrole nitrogens is 1. The molecule has 136 valence electrons. The monoisotopic (exact) mass is 378 g/mol. The molecule has 0 unspecified atom stereocenters. The second-order valence-corrected chi connectivity index (χ2v) is 7.41. The normalized spacial score (nSPS) is 15.7. The molecule has 6 nitrogen and oxygen atoms in total. The number of piperazine rings is 1. The SMILES string of the molecule is CN1CCN(c2ncnc3ccc(-c4c[nH]c5ncc(Cl)cc45)cc23)CC1. The molecule has 0 aliphatic carbocycles. The molecule has 7 heteroatoms. The Morgan fingerprint density at radius 2 is 1.85 bits per heavy atom. The summed E-state index contributed by atoms with van der Waals surface area (Å²) in [6, 6.07) is 8.27. The third-order valence-electron chi connectivity index (χ3n) is 5.23. The third-order valence-corrected chi connectivity index (χ3v) is 5.43. The van der Waals surface area contributed by atoms with Crippen molar-refractivity contribution >= 4 is 39.4 Å². The summed E-state index contributed by atoms with van der Waals surface area (Å²) >= 11 is 6.16. The van der Waals surface area contributed by atoms with E-state index < -0.39 is 0 Å². The van der Waals surface area contributed by atoms with E-state index in [1.165, 1.54) is 0 Å². The molecule has 3 aromatic heterocycles. The highest BCUT2D eigenvalue weighted by Crippen LogP contribution is 2.33. The lowest BCUT2D eigenvalue weighted by atomic mass is 10.0. The summed E-state index contributed by atoms with van der Waals surface area (Å²) in [6.45, 7) is 4.02. The molecule has 4 aromatic rings. The number of nitrogens with zero attached hydrogens (tertiary/aromatic N) is 5. The summed E-state index contributed by atoms with van der Waals surface area (Å²) in [7, 11) is 2.16. The van der Waals surface area contributed by atoms with Gasteiger partial charge in [-0.2, -0.15) is 0 Å². The van der Waals surface area contributed by atoms with Crippen molar-refractivity contribution in [2.24, 2.45) is 0 Å². The van der Waals surface area contributed by atoms with Crippen molar-refractivity contribution in [3.8, 4) is 11.1 Å². The third kappa shape index (κ3) is 2.91. The van der Waals surface area contributed by atoms with E-state index in [4.69, 9.17) is 11.6 Å². The molecular formula is C20H19ClN6. The molecule has 0 saturated carbocycles. The van der Waals surface area contributed by atoms with Gasteiger partial charge in [0.2, 0.25) is 0 Å². The maximum Gasteiger partial charge on any atom is 0.139 e. The number of fused-ring (bicyclic) bond motifs is 2. The molecule has 4 heterocycles. The second kappa shape index (κ2) is 6.48. The zero-order chi connectivity index (χ0) is 18.4. The van der Waals surface area contributed by atoms with Crippen LogP contribution in [-0.2, 0) is 0 Å². The number of aromatic amines is 1. The number of hydrogen-bond donors (Lipinski definition) is 1. The molecule has 1 N–H and O–H groups in total. The van der Waals surface area contributed by atoms with Crippen LogP contribution >= 0.6 is 11.6 Å². The first-order valence-electron chi connectivity index (χ1n) is 9.00. The van der Waals surface area contributed by atoms with E-state index in [-0.39, 0.29) is 0 Å². The predicted molar refractivity (Wildman–Crippen MR) is 109 cm³/mol. The quantitative estimate of drug-likeness (QED) is 0.577. The van der Waals surface area contributed by atoms with Crippen LogP contribution in [0.2, 0.25) is 5.02 Å². The minimum Gasteiger partial charge on any atom is -0.353 e. The highest BCUT2D eigenvalue weighted by Gasteiger charge is 2.18. The molecule has 0 bridgehead atoms. The van der Waals surface area contributed by atoms with Gasteiger partial charge in [0.05, 0.1) is 10.5 Å². The van der Waals surface area contributed by atoms with Gasteiger partial charge in [0.25, 0.3) is 0 Å². The van der Waals surface area contributed by atoms with Gasteiger partial charge >= 0.3 is 0 Å². The topological polar surface area (TPSA) is 60.9 Å². The lowest BCUT2D eigenvalue weighted by molar-refractivity contribution is 0.312. The first-order chi connectivity index (χ1) is 13.2. The minimum absolute atomic E-state index is 0.630. The molecule has 1 aliphatic heterocycles. The number of likely N-dealkylation sites (N-methyl/N-ethyl adjacent to an activating group) is 1. The smallest absolute Gasteiger partial charge is 0.139 e. The van der Waals surface area contributed by atoms with Gasteiger partial charge in [-0.25, -0.2) is 15.0 Å². The molecule has 1 aromatic carbocycles. The van der Waals surface area contributed by atoms with Gasteiger partial charge in [-0.3, -0.25) is 0 Å². The lowest BCUT2D eigenvalue weighted by Gasteiger charge is -2.33. The van der Waals surface area contributed by atoms with Crippen molar-refractivity contribution in [2.75, 3.05) is 38.1 Å². The van der Waals surface area contributed by atoms with Gasteiger partial charge in [0.1, 0.15) is 17.8 Å². The maximum absolute atomic E-state index is 6.16. The predicted octanol–water partition coefficient (Wildman–Crippen LogP) is 3.58. The van der Waals surface area contributed by atoms with Gasteiger partial charge in [-0.15, -0.1) is 0 Å². The van der Waals surface area contributed by atoms with Crippen LogP contribution in [0.4, 0.5) is 5.82 Å². The van der Waals surface area contributed by atoms with Crippen molar-refractivity contribution in [2.45, 2.75) is 0 Å². The van der Waals surface area contributed by atoms with Crippen LogP contribution < -0.4 is 4.90 Å². The number of aromatic nitrogens is 4. The standard InChI is InChI=1S/C20H19ClN6/c1-26-4-6-27(7-5-26)20-16-8-13(2-3-18(16)24-12-25-20)17-11-23-19-15(17)9-14(21)10-22-19/h2-3,8-12H,4-7H2,1H3,(H,22,23). The molecule has 0 spiro atoms. The molecule has 0 atom stereocenters. The van der Waals surface area contributed by atoms with Gasteiger partial charge in [0.15, 0.2) is 0 Å². The molecule has 1 aliphatic rings. The number of anilines is 1. The van der Waals surface area contributed by atoms with Gasteiger partial charge < -0.3 is 14.8 Å². The average Bonchev–Trinajstić information content (AvgIpc) is 3.11. The summed E-state index contributed by atoms with van der Waals surface area (Å²) in [4.78, 5) is 21.4.